The zero-order valence-corrected chi connectivity index (χ0v) is 19.8. The van der Waals surface area contributed by atoms with Crippen LogP contribution in [0.15, 0.2) is 16.9 Å². The van der Waals surface area contributed by atoms with Gasteiger partial charge in [-0.2, -0.15) is 0 Å². The van der Waals surface area contributed by atoms with Crippen molar-refractivity contribution in [2.24, 2.45) is 7.05 Å². The maximum absolute atomic E-state index is 13.2. The first kappa shape index (κ1) is 22.0. The molecule has 0 saturated heterocycles. The normalized spacial score (nSPS) is 14.4. The van der Waals surface area contributed by atoms with Gasteiger partial charge in [0.2, 0.25) is 0 Å². The van der Waals surface area contributed by atoms with Crippen molar-refractivity contribution in [1.82, 2.24) is 19.3 Å². The summed E-state index contributed by atoms with van der Waals surface area (Å²) in [6.07, 6.45) is 0. The van der Waals surface area contributed by atoms with Crippen LogP contribution < -0.4 is 10.3 Å². The van der Waals surface area contributed by atoms with Crippen LogP contribution in [-0.2, 0) is 18.4 Å². The van der Waals surface area contributed by atoms with Crippen LogP contribution in [0.25, 0.3) is 21.6 Å². The van der Waals surface area contributed by atoms with Crippen molar-refractivity contribution in [1.29, 1.82) is 0 Å². The Kier molecular flexibility index (Phi) is 5.93. The molecule has 0 bridgehead atoms. The second kappa shape index (κ2) is 7.83. The Bertz CT molecular complexity index is 1130. The van der Waals surface area contributed by atoms with E-state index < -0.39 is 11.4 Å². The number of hydrogen-bond acceptors (Lipinski definition) is 6. The number of thiazole rings is 1. The Labute approximate surface area is 178 Å². The van der Waals surface area contributed by atoms with Gasteiger partial charge in [0.1, 0.15) is 4.75 Å². The smallest absolute Gasteiger partial charge is 0.261 e. The minimum atomic E-state index is -1.24. The Morgan fingerprint density at radius 3 is 2.41 bits per heavy atom. The zero-order valence-electron chi connectivity index (χ0n) is 18.2. The van der Waals surface area contributed by atoms with Gasteiger partial charge in [-0.25, -0.2) is 9.97 Å². The maximum Gasteiger partial charge on any atom is 0.261 e. The number of nitrogens with zero attached hydrogens (tertiary/aromatic N) is 3. The molecule has 0 saturated carbocycles. The highest BCUT2D eigenvalue weighted by atomic mass is 32.2. The average Bonchev–Trinajstić information content (AvgIpc) is 2.95. The summed E-state index contributed by atoms with van der Waals surface area (Å²) in [4.78, 5) is 23.5. The fraction of sp³-hybridized carbons (Fsp3) is 0.476. The molecule has 2 aromatic heterocycles. The van der Waals surface area contributed by atoms with E-state index in [0.717, 1.165) is 26.7 Å². The molecule has 29 heavy (non-hydrogen) atoms. The van der Waals surface area contributed by atoms with E-state index in [1.54, 1.807) is 11.6 Å². The summed E-state index contributed by atoms with van der Waals surface area (Å²) in [6, 6.07) is 3.66. The van der Waals surface area contributed by atoms with Gasteiger partial charge in [0.15, 0.2) is 5.82 Å². The van der Waals surface area contributed by atoms with Gasteiger partial charge in [-0.1, -0.05) is 6.07 Å². The zero-order chi connectivity index (χ0) is 21.7. The molecule has 2 atom stereocenters. The molecule has 0 spiro atoms. The quantitative estimate of drug-likeness (QED) is 0.628. The van der Waals surface area contributed by atoms with E-state index >= 15 is 0 Å². The monoisotopic (exact) mass is 432 g/mol. The number of aryl methyl sites for hydroxylation is 3. The summed E-state index contributed by atoms with van der Waals surface area (Å²) in [5.74, 6) is 0.611. The maximum atomic E-state index is 13.2. The van der Waals surface area contributed by atoms with Crippen LogP contribution in [0.1, 0.15) is 55.6 Å². The van der Waals surface area contributed by atoms with Crippen LogP contribution >= 0.6 is 11.3 Å². The van der Waals surface area contributed by atoms with Crippen molar-refractivity contribution in [3.8, 4) is 10.7 Å². The van der Waals surface area contributed by atoms with Gasteiger partial charge in [0, 0.05) is 24.0 Å². The van der Waals surface area contributed by atoms with Crippen molar-refractivity contribution < 1.29 is 4.55 Å². The molecule has 1 N–H and O–H groups in total. The second-order valence-corrected chi connectivity index (χ2v) is 11.6. The molecular formula is C21H28N4O2S2. The lowest BCUT2D eigenvalue weighted by atomic mass is 10.0. The summed E-state index contributed by atoms with van der Waals surface area (Å²) in [7, 11) is 1.75. The molecule has 6 nitrogen and oxygen atoms in total. The molecule has 0 amide bonds. The molecule has 1 aromatic carbocycles. The van der Waals surface area contributed by atoms with Gasteiger partial charge in [0.25, 0.3) is 5.56 Å². The summed E-state index contributed by atoms with van der Waals surface area (Å²) < 4.78 is 17.0. The predicted octanol–water partition coefficient (Wildman–Crippen LogP) is 4.10. The van der Waals surface area contributed by atoms with Crippen LogP contribution in [-0.4, -0.2) is 23.8 Å². The van der Waals surface area contributed by atoms with Crippen molar-refractivity contribution in [2.45, 2.75) is 59.3 Å². The molecule has 3 rings (SSSR count). The lowest BCUT2D eigenvalue weighted by Gasteiger charge is -2.27. The van der Waals surface area contributed by atoms with E-state index in [1.165, 1.54) is 11.3 Å². The Morgan fingerprint density at radius 2 is 1.86 bits per heavy atom. The number of rotatable bonds is 4. The molecule has 3 aromatic rings. The van der Waals surface area contributed by atoms with Crippen LogP contribution in [0.4, 0.5) is 0 Å². The number of nitrogens with one attached hydrogen (secondary N) is 1. The highest BCUT2D eigenvalue weighted by molar-refractivity contribution is 7.90. The number of fused-ring (bicyclic) bond motifs is 1. The van der Waals surface area contributed by atoms with Gasteiger partial charge < -0.3 is 4.55 Å². The first-order valence-electron chi connectivity index (χ1n) is 9.54. The van der Waals surface area contributed by atoms with E-state index in [-0.39, 0.29) is 16.3 Å². The highest BCUT2D eigenvalue weighted by Crippen LogP contribution is 2.31. The summed E-state index contributed by atoms with van der Waals surface area (Å²) >= 11 is 0.295. The Hall–Kier alpha value is -1.74. The molecular weight excluding hydrogens is 404 g/mol. The van der Waals surface area contributed by atoms with Gasteiger partial charge in [-0.05, 0) is 60.1 Å². The predicted molar refractivity (Wildman–Crippen MR) is 122 cm³/mol. The molecule has 0 aliphatic heterocycles. The molecule has 0 fully saturated rings. The topological polar surface area (TPSA) is 82.9 Å². The third-order valence-corrected chi connectivity index (χ3v) is 7.52. The molecule has 1 unspecified atom stereocenters. The molecule has 0 aliphatic carbocycles. The third-order valence-electron chi connectivity index (χ3n) is 4.77. The summed E-state index contributed by atoms with van der Waals surface area (Å²) in [5.41, 5.74) is 3.26. The standard InChI is InChI=1S/C21H28N4O2S2/c1-11-9-15(12(2)24-29(27)21(5,6)7)17-16(10-11)20(26)25(8)19(23-17)18-13(3)22-14(4)28-18/h9-10,12,24H,1-8H3/t12-,29?/m1/s1. The fourth-order valence-corrected chi connectivity index (χ4v) is 4.97. The lowest BCUT2D eigenvalue weighted by molar-refractivity contribution is 0.531. The Balaban J connectivity index is 2.23. The minimum absolute atomic E-state index is 0.0930. The molecule has 156 valence electrons. The number of hydrogen-bond donors (Lipinski definition) is 1. The second-order valence-electron chi connectivity index (χ2n) is 8.42. The molecule has 0 aliphatic rings. The van der Waals surface area contributed by atoms with Crippen LogP contribution in [0.2, 0.25) is 0 Å². The van der Waals surface area contributed by atoms with E-state index in [9.17, 15) is 9.35 Å². The van der Waals surface area contributed by atoms with Crippen LogP contribution in [0.3, 0.4) is 0 Å². The fourth-order valence-electron chi connectivity index (χ4n) is 3.23. The SMILES string of the molecule is Cc1cc([C@@H](C)N[S+]([O-])C(C)(C)C)c2nc(-c3sc(C)nc3C)n(C)c(=O)c2c1. The van der Waals surface area contributed by atoms with Crippen LogP contribution in [0.5, 0.6) is 0 Å². The van der Waals surface area contributed by atoms with Gasteiger partial charge in [-0.3, -0.25) is 9.36 Å². The Morgan fingerprint density at radius 1 is 1.21 bits per heavy atom. The summed E-state index contributed by atoms with van der Waals surface area (Å²) in [6.45, 7) is 13.6. The van der Waals surface area contributed by atoms with E-state index in [2.05, 4.69) is 9.71 Å². The molecule has 0 radical (unpaired) electrons. The number of benzene rings is 1. The van der Waals surface area contributed by atoms with Gasteiger partial charge >= 0.3 is 0 Å². The van der Waals surface area contributed by atoms with Crippen LogP contribution in [0, 0.1) is 20.8 Å². The van der Waals surface area contributed by atoms with E-state index in [0.29, 0.717) is 16.7 Å². The largest absolute Gasteiger partial charge is 0.598 e. The minimum Gasteiger partial charge on any atom is -0.598 e. The highest BCUT2D eigenvalue weighted by Gasteiger charge is 2.29. The first-order valence-corrected chi connectivity index (χ1v) is 11.5. The van der Waals surface area contributed by atoms with Crippen molar-refractivity contribution in [3.05, 3.63) is 44.3 Å². The van der Waals surface area contributed by atoms with Crippen molar-refractivity contribution in [2.75, 3.05) is 0 Å². The van der Waals surface area contributed by atoms with Crippen molar-refractivity contribution in [3.63, 3.8) is 0 Å². The molecule has 8 heteroatoms. The van der Waals surface area contributed by atoms with Gasteiger partial charge in [-0.15, -0.1) is 16.1 Å². The molecule has 2 heterocycles. The first-order chi connectivity index (χ1) is 13.4. The average molecular weight is 433 g/mol. The lowest BCUT2D eigenvalue weighted by Crippen LogP contribution is -2.40. The number of aromatic nitrogens is 3. The van der Waals surface area contributed by atoms with Gasteiger partial charge in [0.05, 0.1) is 32.5 Å². The summed E-state index contributed by atoms with van der Waals surface area (Å²) in [5, 5.41) is 1.51. The van der Waals surface area contributed by atoms with E-state index in [4.69, 9.17) is 4.98 Å². The van der Waals surface area contributed by atoms with E-state index in [1.807, 2.05) is 60.6 Å². The third kappa shape index (κ3) is 4.26. The van der Waals surface area contributed by atoms with Crippen molar-refractivity contribution >= 4 is 33.6 Å².